The predicted molar refractivity (Wildman–Crippen MR) is 113 cm³/mol. The Kier molecular flexibility index (Phi) is 49.5. The van der Waals surface area contributed by atoms with Gasteiger partial charge in [-0.2, -0.15) is 0 Å². The number of aliphatic hydroxyl groups is 4. The van der Waals surface area contributed by atoms with Crippen molar-refractivity contribution in [1.82, 2.24) is 0 Å². The van der Waals surface area contributed by atoms with Gasteiger partial charge < -0.3 is 39.4 Å². The molecular weight excluding hydrogens is 547 g/mol. The van der Waals surface area contributed by atoms with Crippen molar-refractivity contribution in [2.75, 3.05) is 52.9 Å². The quantitative estimate of drug-likeness (QED) is 0.252. The minimum atomic E-state index is 0. The van der Waals surface area contributed by atoms with Crippen molar-refractivity contribution in [2.45, 2.75) is 79.8 Å². The molecule has 0 rings (SSSR count). The number of ether oxygens (including phenoxy) is 4. The topological polar surface area (TPSA) is 118 Å². The first-order chi connectivity index (χ1) is 13.2. The Morgan fingerprint density at radius 3 is 0.621 bits per heavy atom. The maximum atomic E-state index is 8.34. The average molecular weight is 595 g/mol. The zero-order chi connectivity index (χ0) is 22.8. The van der Waals surface area contributed by atoms with E-state index < -0.39 is 0 Å². The summed E-state index contributed by atoms with van der Waals surface area (Å²) in [5.74, 6) is 0. The Balaban J connectivity index is -0.0000000873. The molecule has 0 heterocycles. The fourth-order valence-electron chi connectivity index (χ4n) is 1.35. The molecule has 4 atom stereocenters. The molecule has 0 aliphatic carbocycles. The van der Waals surface area contributed by atoms with Gasteiger partial charge in [0.25, 0.3) is 0 Å². The van der Waals surface area contributed by atoms with Crippen LogP contribution in [0.4, 0.5) is 0 Å². The van der Waals surface area contributed by atoms with Gasteiger partial charge >= 0.3 is 0 Å². The van der Waals surface area contributed by atoms with Gasteiger partial charge in [0, 0.05) is 52.3 Å². The maximum Gasteiger partial charge on any atom is 0.0777 e. The average Bonchev–Trinajstić information content (AvgIpc) is 2.70. The van der Waals surface area contributed by atoms with Crippen molar-refractivity contribution in [3.8, 4) is 0 Å². The first kappa shape index (κ1) is 40.0. The molecule has 0 saturated heterocycles. The summed E-state index contributed by atoms with van der Waals surface area (Å²) in [7, 11) is 0. The maximum absolute atomic E-state index is 8.34. The van der Waals surface area contributed by atoms with E-state index in [2.05, 4.69) is 0 Å². The summed E-state index contributed by atoms with van der Waals surface area (Å²) >= 11 is 0. The van der Waals surface area contributed by atoms with E-state index in [-0.39, 0.29) is 76.7 Å². The summed E-state index contributed by atoms with van der Waals surface area (Å²) < 4.78 is 19.8. The van der Waals surface area contributed by atoms with Crippen LogP contribution in [0.15, 0.2) is 0 Å². The summed E-state index contributed by atoms with van der Waals surface area (Å²) in [6.07, 6.45) is 0.0185. The smallest absolute Gasteiger partial charge is 0.0777 e. The van der Waals surface area contributed by atoms with Crippen LogP contribution in [0.25, 0.3) is 0 Å². The SMILES string of the molecule is CCOC(C)CO.CCOC(C)CO.CCOC(C)CO.CCOC(C)CO.[Hf]. The van der Waals surface area contributed by atoms with Crippen LogP contribution in [0.2, 0.25) is 0 Å². The zero-order valence-corrected chi connectivity index (χ0v) is 23.5. The Hall–Kier alpha value is 0.550. The first-order valence-electron chi connectivity index (χ1n) is 10.1. The van der Waals surface area contributed by atoms with E-state index in [0.717, 1.165) is 0 Å². The zero-order valence-electron chi connectivity index (χ0n) is 19.9. The van der Waals surface area contributed by atoms with Gasteiger partial charge in [0.15, 0.2) is 0 Å². The molecule has 0 bridgehead atoms. The van der Waals surface area contributed by atoms with E-state index in [9.17, 15) is 0 Å². The van der Waals surface area contributed by atoms with Crippen LogP contribution in [0.3, 0.4) is 0 Å². The van der Waals surface area contributed by atoms with Crippen molar-refractivity contribution in [1.29, 1.82) is 0 Å². The molecule has 0 amide bonds. The van der Waals surface area contributed by atoms with E-state index in [1.54, 1.807) is 0 Å². The summed E-state index contributed by atoms with van der Waals surface area (Å²) in [5.41, 5.74) is 0. The van der Waals surface area contributed by atoms with Crippen molar-refractivity contribution in [3.05, 3.63) is 0 Å². The van der Waals surface area contributed by atoms with Gasteiger partial charge in [-0.25, -0.2) is 0 Å². The van der Waals surface area contributed by atoms with Gasteiger partial charge in [0.05, 0.1) is 50.8 Å². The summed E-state index contributed by atoms with van der Waals surface area (Å²) in [6.45, 7) is 18.2. The molecule has 29 heavy (non-hydrogen) atoms. The monoisotopic (exact) mass is 596 g/mol. The number of hydrogen-bond acceptors (Lipinski definition) is 8. The van der Waals surface area contributed by atoms with E-state index in [0.29, 0.717) is 26.4 Å². The molecule has 0 spiro atoms. The normalized spacial score (nSPS) is 13.7. The molecule has 0 radical (unpaired) electrons. The van der Waals surface area contributed by atoms with Gasteiger partial charge in [-0.15, -0.1) is 0 Å². The van der Waals surface area contributed by atoms with Gasteiger partial charge in [-0.1, -0.05) is 0 Å². The Bertz CT molecular complexity index is 203. The van der Waals surface area contributed by atoms with Gasteiger partial charge in [0.2, 0.25) is 0 Å². The summed E-state index contributed by atoms with van der Waals surface area (Å²) in [5, 5.41) is 33.4. The molecule has 0 fully saturated rings. The van der Waals surface area contributed by atoms with E-state index in [1.165, 1.54) is 0 Å². The third-order valence-electron chi connectivity index (χ3n) is 2.83. The fraction of sp³-hybridized carbons (Fsp3) is 1.00. The molecule has 8 nitrogen and oxygen atoms in total. The van der Waals surface area contributed by atoms with Crippen LogP contribution in [-0.4, -0.2) is 97.7 Å². The van der Waals surface area contributed by atoms with Crippen LogP contribution in [-0.2, 0) is 44.8 Å². The number of aliphatic hydroxyl groups excluding tert-OH is 4. The molecule has 0 aromatic rings. The predicted octanol–water partition coefficient (Wildman–Crippen LogP) is 1.61. The van der Waals surface area contributed by atoms with Gasteiger partial charge in [-0.3, -0.25) is 0 Å². The van der Waals surface area contributed by atoms with Crippen LogP contribution < -0.4 is 0 Å². The second kappa shape index (κ2) is 36.0. The second-order valence-corrected chi connectivity index (χ2v) is 5.79. The largest absolute Gasteiger partial charge is 0.394 e. The molecule has 0 aliphatic rings. The molecule has 0 aliphatic heterocycles. The third-order valence-corrected chi connectivity index (χ3v) is 2.83. The van der Waals surface area contributed by atoms with Crippen molar-refractivity contribution in [2.24, 2.45) is 0 Å². The molecule has 0 aromatic heterocycles. The van der Waals surface area contributed by atoms with Crippen LogP contribution in [0, 0.1) is 0 Å². The van der Waals surface area contributed by atoms with Crippen molar-refractivity contribution < 1.29 is 65.2 Å². The Morgan fingerprint density at radius 2 is 0.586 bits per heavy atom. The molecule has 4 N–H and O–H groups in total. The Labute approximate surface area is 197 Å². The minimum Gasteiger partial charge on any atom is -0.394 e. The van der Waals surface area contributed by atoms with E-state index in [1.807, 2.05) is 55.4 Å². The van der Waals surface area contributed by atoms with Crippen molar-refractivity contribution in [3.63, 3.8) is 0 Å². The molecule has 180 valence electrons. The molecule has 0 aromatic carbocycles. The van der Waals surface area contributed by atoms with E-state index in [4.69, 9.17) is 39.4 Å². The Morgan fingerprint density at radius 1 is 0.448 bits per heavy atom. The number of rotatable bonds is 12. The standard InChI is InChI=1S/4C5H12O2.Hf/c4*1-3-7-5(2)4-6;/h4*5-6H,3-4H2,1-2H3;. The van der Waals surface area contributed by atoms with E-state index >= 15 is 0 Å². The third kappa shape index (κ3) is 47.7. The van der Waals surface area contributed by atoms with Crippen molar-refractivity contribution >= 4 is 0 Å². The molecule has 0 saturated carbocycles. The minimum absolute atomic E-state index is 0. The van der Waals surface area contributed by atoms with Crippen LogP contribution in [0.1, 0.15) is 55.4 Å². The summed E-state index contributed by atoms with van der Waals surface area (Å²) in [4.78, 5) is 0. The van der Waals surface area contributed by atoms with Crippen LogP contribution >= 0.6 is 0 Å². The van der Waals surface area contributed by atoms with Gasteiger partial charge in [-0.05, 0) is 55.4 Å². The van der Waals surface area contributed by atoms with Gasteiger partial charge in [0.1, 0.15) is 0 Å². The first-order valence-corrected chi connectivity index (χ1v) is 10.1. The second-order valence-electron chi connectivity index (χ2n) is 5.79. The summed E-state index contributed by atoms with van der Waals surface area (Å²) in [6, 6.07) is 0. The molecule has 9 heteroatoms. The molecular formula is C20H48HfO8. The van der Waals surface area contributed by atoms with Crippen LogP contribution in [0.5, 0.6) is 0 Å². The molecule has 4 unspecified atom stereocenters. The fourth-order valence-corrected chi connectivity index (χ4v) is 1.35. The number of hydrogen-bond donors (Lipinski definition) is 4.